The molecule has 1 fully saturated rings. The summed E-state index contributed by atoms with van der Waals surface area (Å²) in [5, 5.41) is 2.94. The molecule has 2 amide bonds. The molecule has 150 valence electrons. The van der Waals surface area contributed by atoms with Crippen LogP contribution in [0.5, 0.6) is 0 Å². The van der Waals surface area contributed by atoms with Gasteiger partial charge in [-0.15, -0.1) is 0 Å². The summed E-state index contributed by atoms with van der Waals surface area (Å²) in [4.78, 5) is 19.2. The van der Waals surface area contributed by atoms with Crippen molar-refractivity contribution in [2.24, 2.45) is 0 Å². The second-order valence-corrected chi connectivity index (χ2v) is 7.39. The molecule has 1 aromatic heterocycles. The highest BCUT2D eigenvalue weighted by atomic mass is 19.1. The molecule has 1 N–H and O–H groups in total. The first-order chi connectivity index (χ1) is 14.7. The molecule has 6 heteroatoms. The Labute approximate surface area is 173 Å². The van der Waals surface area contributed by atoms with Gasteiger partial charge in [-0.1, -0.05) is 36.4 Å². The van der Waals surface area contributed by atoms with Crippen LogP contribution in [-0.2, 0) is 0 Å². The van der Waals surface area contributed by atoms with Crippen molar-refractivity contribution in [1.29, 1.82) is 0 Å². The summed E-state index contributed by atoms with van der Waals surface area (Å²) < 4.78 is 19.6. The van der Waals surface area contributed by atoms with E-state index in [1.54, 1.807) is 11.0 Å². The Kier molecular flexibility index (Phi) is 4.67. The number of anilines is 1. The molecule has 0 bridgehead atoms. The fourth-order valence-electron chi connectivity index (χ4n) is 3.92. The van der Waals surface area contributed by atoms with E-state index in [9.17, 15) is 9.18 Å². The minimum Gasteiger partial charge on any atom is -0.438 e. The maximum atomic E-state index is 13.6. The Morgan fingerprint density at radius 2 is 1.87 bits per heavy atom. The Balaban J connectivity index is 1.41. The minimum absolute atomic E-state index is 0.161. The van der Waals surface area contributed by atoms with E-state index in [0.717, 1.165) is 29.7 Å². The van der Waals surface area contributed by atoms with Crippen LogP contribution in [0.2, 0.25) is 0 Å². The number of carbonyl (C=O) groups is 1. The number of amides is 2. The maximum Gasteiger partial charge on any atom is 0.322 e. The van der Waals surface area contributed by atoms with E-state index in [1.165, 1.54) is 12.1 Å². The fourth-order valence-corrected chi connectivity index (χ4v) is 3.92. The second kappa shape index (κ2) is 7.63. The van der Waals surface area contributed by atoms with E-state index in [-0.39, 0.29) is 17.9 Å². The van der Waals surface area contributed by atoms with Crippen LogP contribution in [0.3, 0.4) is 0 Å². The van der Waals surface area contributed by atoms with Gasteiger partial charge in [-0.05, 0) is 60.4 Å². The monoisotopic (exact) mass is 401 g/mol. The third-order valence-electron chi connectivity index (χ3n) is 5.39. The number of likely N-dealkylation sites (tertiary alicyclic amines) is 1. The van der Waals surface area contributed by atoms with Crippen LogP contribution in [0.4, 0.5) is 14.9 Å². The molecule has 3 aromatic carbocycles. The van der Waals surface area contributed by atoms with Gasteiger partial charge in [-0.3, -0.25) is 0 Å². The average molecular weight is 401 g/mol. The average Bonchev–Trinajstić information content (AvgIpc) is 3.41. The number of benzene rings is 3. The van der Waals surface area contributed by atoms with Gasteiger partial charge in [0.2, 0.25) is 5.89 Å². The van der Waals surface area contributed by atoms with E-state index in [2.05, 4.69) is 10.3 Å². The zero-order chi connectivity index (χ0) is 20.5. The van der Waals surface area contributed by atoms with Crippen molar-refractivity contribution >= 4 is 22.8 Å². The Hall–Kier alpha value is -3.67. The molecule has 5 rings (SSSR count). The lowest BCUT2D eigenvalue weighted by atomic mass is 10.1. The SMILES string of the molecule is O=C(Nc1ccccc1)N1CCC[C@@H]1c1nc2cc(-c3cccc(F)c3)ccc2o1. The van der Waals surface area contributed by atoms with Crippen molar-refractivity contribution < 1.29 is 13.6 Å². The van der Waals surface area contributed by atoms with Crippen molar-refractivity contribution in [3.05, 3.63) is 84.5 Å². The van der Waals surface area contributed by atoms with Gasteiger partial charge in [0, 0.05) is 12.2 Å². The van der Waals surface area contributed by atoms with E-state index in [4.69, 9.17) is 4.42 Å². The number of aromatic nitrogens is 1. The molecule has 0 saturated carbocycles. The third kappa shape index (κ3) is 3.52. The third-order valence-corrected chi connectivity index (χ3v) is 5.39. The van der Waals surface area contributed by atoms with Crippen LogP contribution < -0.4 is 5.32 Å². The number of oxazole rings is 1. The molecule has 5 nitrogen and oxygen atoms in total. The first-order valence-electron chi connectivity index (χ1n) is 9.96. The number of nitrogens with one attached hydrogen (secondary N) is 1. The maximum absolute atomic E-state index is 13.6. The molecule has 0 radical (unpaired) electrons. The van der Waals surface area contributed by atoms with Gasteiger partial charge in [-0.2, -0.15) is 0 Å². The topological polar surface area (TPSA) is 58.4 Å². The molecule has 1 aliphatic rings. The Morgan fingerprint density at radius 3 is 2.70 bits per heavy atom. The summed E-state index contributed by atoms with van der Waals surface area (Å²) in [6.45, 7) is 0.649. The summed E-state index contributed by atoms with van der Waals surface area (Å²) in [5.74, 6) is 0.251. The van der Waals surface area contributed by atoms with E-state index in [0.29, 0.717) is 23.5 Å². The van der Waals surface area contributed by atoms with Gasteiger partial charge < -0.3 is 14.6 Å². The number of rotatable bonds is 3. The van der Waals surface area contributed by atoms with Gasteiger partial charge in [0.15, 0.2) is 5.58 Å². The van der Waals surface area contributed by atoms with Gasteiger partial charge in [0.1, 0.15) is 17.4 Å². The molecule has 30 heavy (non-hydrogen) atoms. The molecule has 0 unspecified atom stereocenters. The van der Waals surface area contributed by atoms with Crippen LogP contribution in [0, 0.1) is 5.82 Å². The molecule has 4 aromatic rings. The number of hydrogen-bond acceptors (Lipinski definition) is 3. The summed E-state index contributed by atoms with van der Waals surface area (Å²) in [6, 6.07) is 21.1. The molecule has 1 saturated heterocycles. The predicted octanol–water partition coefficient (Wildman–Crippen LogP) is 6.00. The van der Waals surface area contributed by atoms with Gasteiger partial charge >= 0.3 is 6.03 Å². The van der Waals surface area contributed by atoms with E-state index in [1.807, 2.05) is 54.6 Å². The predicted molar refractivity (Wildman–Crippen MR) is 114 cm³/mol. The molecule has 2 heterocycles. The van der Waals surface area contributed by atoms with Gasteiger partial charge in [0.05, 0.1) is 0 Å². The summed E-state index contributed by atoms with van der Waals surface area (Å²) in [6.07, 6.45) is 1.69. The van der Waals surface area contributed by atoms with Crippen molar-refractivity contribution in [3.63, 3.8) is 0 Å². The van der Waals surface area contributed by atoms with E-state index >= 15 is 0 Å². The summed E-state index contributed by atoms with van der Waals surface area (Å²) in [7, 11) is 0. The van der Waals surface area contributed by atoms with Crippen LogP contribution in [0.15, 0.2) is 77.2 Å². The number of hydrogen-bond donors (Lipinski definition) is 1. The standard InChI is InChI=1S/C24H20FN3O2/c25-18-7-4-6-16(14-18)17-11-12-22-20(15-17)27-23(30-22)21-10-5-13-28(21)24(29)26-19-8-2-1-3-9-19/h1-4,6-9,11-12,14-15,21H,5,10,13H2,(H,26,29)/t21-/m1/s1. The Bertz CT molecular complexity index is 1210. The van der Waals surface area contributed by atoms with E-state index < -0.39 is 0 Å². The smallest absolute Gasteiger partial charge is 0.322 e. The lowest BCUT2D eigenvalue weighted by Crippen LogP contribution is -2.34. The summed E-state index contributed by atoms with van der Waals surface area (Å²) >= 11 is 0. The zero-order valence-corrected chi connectivity index (χ0v) is 16.2. The lowest BCUT2D eigenvalue weighted by Gasteiger charge is -2.22. The number of halogens is 1. The van der Waals surface area contributed by atoms with Gasteiger partial charge in [-0.25, -0.2) is 14.2 Å². The molecule has 0 aliphatic carbocycles. The molecular weight excluding hydrogens is 381 g/mol. The quantitative estimate of drug-likeness (QED) is 0.458. The normalized spacial score (nSPS) is 16.2. The molecule has 1 atom stereocenters. The highest BCUT2D eigenvalue weighted by molar-refractivity contribution is 5.89. The second-order valence-electron chi connectivity index (χ2n) is 7.39. The minimum atomic E-state index is -0.278. The zero-order valence-electron chi connectivity index (χ0n) is 16.2. The highest BCUT2D eigenvalue weighted by Gasteiger charge is 2.33. The molecule has 0 spiro atoms. The van der Waals surface area contributed by atoms with Crippen molar-refractivity contribution in [1.82, 2.24) is 9.88 Å². The first kappa shape index (κ1) is 18.4. The van der Waals surface area contributed by atoms with Gasteiger partial charge in [0.25, 0.3) is 0 Å². The highest BCUT2D eigenvalue weighted by Crippen LogP contribution is 2.34. The lowest BCUT2D eigenvalue weighted by molar-refractivity contribution is 0.199. The summed E-state index contributed by atoms with van der Waals surface area (Å²) in [5.41, 5.74) is 3.76. The first-order valence-corrected chi connectivity index (χ1v) is 9.96. The van der Waals surface area contributed by atoms with Crippen molar-refractivity contribution in [2.75, 3.05) is 11.9 Å². The number of fused-ring (bicyclic) bond motifs is 1. The Morgan fingerprint density at radius 1 is 1.03 bits per heavy atom. The molecule has 1 aliphatic heterocycles. The van der Waals surface area contributed by atoms with Crippen molar-refractivity contribution in [2.45, 2.75) is 18.9 Å². The number of para-hydroxylation sites is 1. The molecular formula is C24H20FN3O2. The number of carbonyl (C=O) groups excluding carboxylic acids is 1. The number of urea groups is 1. The largest absolute Gasteiger partial charge is 0.438 e. The van der Waals surface area contributed by atoms with Crippen LogP contribution in [0.1, 0.15) is 24.8 Å². The van der Waals surface area contributed by atoms with Crippen LogP contribution >= 0.6 is 0 Å². The van der Waals surface area contributed by atoms with Crippen LogP contribution in [-0.4, -0.2) is 22.5 Å². The van der Waals surface area contributed by atoms with Crippen LogP contribution in [0.25, 0.3) is 22.2 Å². The number of nitrogens with zero attached hydrogens (tertiary/aromatic N) is 2. The fraction of sp³-hybridized carbons (Fsp3) is 0.167. The van der Waals surface area contributed by atoms with Crippen molar-refractivity contribution in [3.8, 4) is 11.1 Å².